The zero-order valence-corrected chi connectivity index (χ0v) is 12.2. The molecule has 1 heterocycles. The molecule has 0 aliphatic rings. The smallest absolute Gasteiger partial charge is 0.335 e. The van der Waals surface area contributed by atoms with Crippen molar-refractivity contribution in [2.45, 2.75) is 13.3 Å². The Labute approximate surface area is 123 Å². The van der Waals surface area contributed by atoms with Crippen LogP contribution < -0.4 is 5.32 Å². The van der Waals surface area contributed by atoms with Gasteiger partial charge in [0.1, 0.15) is 11.6 Å². The van der Waals surface area contributed by atoms with Crippen LogP contribution in [0.3, 0.4) is 0 Å². The molecule has 0 amide bonds. The van der Waals surface area contributed by atoms with E-state index in [-0.39, 0.29) is 11.3 Å². The number of carboxylic acid groups (broad SMARTS) is 1. The molecule has 0 atom stereocenters. The van der Waals surface area contributed by atoms with Gasteiger partial charge in [-0.15, -0.1) is 0 Å². The highest BCUT2D eigenvalue weighted by molar-refractivity contribution is 9.10. The molecule has 0 aliphatic carbocycles. The normalized spacial score (nSPS) is 10.3. The van der Waals surface area contributed by atoms with E-state index in [9.17, 15) is 9.18 Å². The molecule has 2 aromatic rings. The first-order chi connectivity index (χ1) is 9.49. The molecule has 4 nitrogen and oxygen atoms in total. The predicted molar refractivity (Wildman–Crippen MR) is 78.0 cm³/mol. The monoisotopic (exact) mass is 338 g/mol. The SMILES string of the molecule is CCc1cc(C(=O)O)cc(Nc2ccc(Br)cc2F)n1. The third-order valence-electron chi connectivity index (χ3n) is 2.68. The number of carbonyl (C=O) groups is 1. The van der Waals surface area contributed by atoms with Crippen LogP contribution in [0.4, 0.5) is 15.9 Å². The Morgan fingerprint density at radius 1 is 1.40 bits per heavy atom. The highest BCUT2D eigenvalue weighted by Gasteiger charge is 2.09. The second-order valence-corrected chi connectivity index (χ2v) is 5.06. The Hall–Kier alpha value is -1.95. The predicted octanol–water partition coefficient (Wildman–Crippen LogP) is 3.99. The maximum atomic E-state index is 13.7. The van der Waals surface area contributed by atoms with Gasteiger partial charge in [0, 0.05) is 10.2 Å². The number of benzene rings is 1. The van der Waals surface area contributed by atoms with E-state index < -0.39 is 11.8 Å². The lowest BCUT2D eigenvalue weighted by molar-refractivity contribution is 0.0696. The number of carboxylic acids is 1. The number of rotatable bonds is 4. The van der Waals surface area contributed by atoms with Gasteiger partial charge in [0.05, 0.1) is 11.3 Å². The average Bonchev–Trinajstić information content (AvgIpc) is 2.41. The van der Waals surface area contributed by atoms with Crippen LogP contribution in [-0.4, -0.2) is 16.1 Å². The van der Waals surface area contributed by atoms with Gasteiger partial charge in [0.25, 0.3) is 0 Å². The van der Waals surface area contributed by atoms with Gasteiger partial charge in [0.15, 0.2) is 0 Å². The van der Waals surface area contributed by atoms with Crippen molar-refractivity contribution in [1.29, 1.82) is 0 Å². The van der Waals surface area contributed by atoms with Gasteiger partial charge in [-0.25, -0.2) is 14.2 Å². The van der Waals surface area contributed by atoms with Crippen molar-refractivity contribution in [2.75, 3.05) is 5.32 Å². The molecule has 0 saturated heterocycles. The minimum atomic E-state index is -1.04. The fourth-order valence-electron chi connectivity index (χ4n) is 1.69. The first-order valence-electron chi connectivity index (χ1n) is 5.96. The fourth-order valence-corrected chi connectivity index (χ4v) is 2.02. The van der Waals surface area contributed by atoms with Crippen LogP contribution in [0.2, 0.25) is 0 Å². The second-order valence-electron chi connectivity index (χ2n) is 4.14. The number of halogens is 2. The zero-order chi connectivity index (χ0) is 14.7. The van der Waals surface area contributed by atoms with Crippen molar-refractivity contribution < 1.29 is 14.3 Å². The molecule has 0 unspecified atom stereocenters. The van der Waals surface area contributed by atoms with Crippen molar-refractivity contribution in [3.05, 3.63) is 51.9 Å². The molecule has 0 bridgehead atoms. The molecular weight excluding hydrogens is 327 g/mol. The van der Waals surface area contributed by atoms with E-state index in [2.05, 4.69) is 26.2 Å². The largest absolute Gasteiger partial charge is 0.478 e. The number of hydrogen-bond donors (Lipinski definition) is 2. The molecule has 0 radical (unpaired) electrons. The number of nitrogens with one attached hydrogen (secondary N) is 1. The van der Waals surface area contributed by atoms with Crippen LogP contribution >= 0.6 is 15.9 Å². The summed E-state index contributed by atoms with van der Waals surface area (Å²) >= 11 is 3.17. The van der Waals surface area contributed by atoms with Crippen molar-refractivity contribution in [3.8, 4) is 0 Å². The van der Waals surface area contributed by atoms with E-state index in [1.807, 2.05) is 6.92 Å². The molecule has 0 fully saturated rings. The van der Waals surface area contributed by atoms with Gasteiger partial charge >= 0.3 is 5.97 Å². The van der Waals surface area contributed by atoms with E-state index in [1.165, 1.54) is 18.2 Å². The molecule has 20 heavy (non-hydrogen) atoms. The lowest BCUT2D eigenvalue weighted by Crippen LogP contribution is -2.04. The standard InChI is InChI=1S/C14H12BrFN2O2/c1-2-10-5-8(14(19)20)6-13(17-10)18-12-4-3-9(15)7-11(12)16/h3-7H,2H2,1H3,(H,17,18)(H,19,20). The van der Waals surface area contributed by atoms with Crippen LogP contribution in [0, 0.1) is 5.82 Å². The number of pyridine rings is 1. The molecule has 0 aliphatic heterocycles. The second kappa shape index (κ2) is 6.00. The molecule has 0 saturated carbocycles. The minimum absolute atomic E-state index is 0.122. The third-order valence-corrected chi connectivity index (χ3v) is 3.17. The maximum absolute atomic E-state index is 13.7. The Bertz CT molecular complexity index is 662. The molecule has 1 aromatic heterocycles. The van der Waals surface area contributed by atoms with Gasteiger partial charge in [-0.2, -0.15) is 0 Å². The highest BCUT2D eigenvalue weighted by atomic mass is 79.9. The van der Waals surface area contributed by atoms with Crippen LogP contribution in [0.1, 0.15) is 23.0 Å². The van der Waals surface area contributed by atoms with E-state index in [1.54, 1.807) is 12.1 Å². The zero-order valence-electron chi connectivity index (χ0n) is 10.7. The quantitative estimate of drug-likeness (QED) is 0.884. The summed E-state index contributed by atoms with van der Waals surface area (Å²) in [6.45, 7) is 1.87. The average molecular weight is 339 g/mol. The lowest BCUT2D eigenvalue weighted by Gasteiger charge is -2.09. The number of aromatic nitrogens is 1. The Morgan fingerprint density at radius 3 is 2.75 bits per heavy atom. The number of hydrogen-bond acceptors (Lipinski definition) is 3. The van der Waals surface area contributed by atoms with Gasteiger partial charge in [-0.05, 0) is 36.8 Å². The molecule has 6 heteroatoms. The number of aromatic carboxylic acids is 1. The number of anilines is 2. The number of aryl methyl sites for hydroxylation is 1. The topological polar surface area (TPSA) is 62.2 Å². The summed E-state index contributed by atoms with van der Waals surface area (Å²) < 4.78 is 14.4. The van der Waals surface area contributed by atoms with Gasteiger partial charge in [0.2, 0.25) is 0 Å². The summed E-state index contributed by atoms with van der Waals surface area (Å²) in [4.78, 5) is 15.3. The first-order valence-corrected chi connectivity index (χ1v) is 6.75. The van der Waals surface area contributed by atoms with Crippen molar-refractivity contribution in [1.82, 2.24) is 4.98 Å². The Morgan fingerprint density at radius 2 is 2.15 bits per heavy atom. The fraction of sp³-hybridized carbons (Fsp3) is 0.143. The summed E-state index contributed by atoms with van der Waals surface area (Å²) in [7, 11) is 0. The summed E-state index contributed by atoms with van der Waals surface area (Å²) in [6, 6.07) is 7.45. The van der Waals surface area contributed by atoms with Crippen LogP contribution in [0.15, 0.2) is 34.8 Å². The lowest BCUT2D eigenvalue weighted by atomic mass is 10.2. The van der Waals surface area contributed by atoms with Crippen molar-refractivity contribution in [3.63, 3.8) is 0 Å². The molecule has 1 aromatic carbocycles. The third kappa shape index (κ3) is 3.33. The van der Waals surface area contributed by atoms with Gasteiger partial charge in [-0.3, -0.25) is 0 Å². The maximum Gasteiger partial charge on any atom is 0.335 e. The molecule has 0 spiro atoms. The highest BCUT2D eigenvalue weighted by Crippen LogP contribution is 2.23. The summed E-state index contributed by atoms with van der Waals surface area (Å²) in [5.74, 6) is -1.18. The van der Waals surface area contributed by atoms with Crippen LogP contribution in [-0.2, 0) is 6.42 Å². The van der Waals surface area contributed by atoms with E-state index in [0.717, 1.165) is 0 Å². The van der Waals surface area contributed by atoms with E-state index in [4.69, 9.17) is 5.11 Å². The Kier molecular flexibility index (Phi) is 4.34. The van der Waals surface area contributed by atoms with Crippen LogP contribution in [0.5, 0.6) is 0 Å². The summed E-state index contributed by atoms with van der Waals surface area (Å²) in [6.07, 6.45) is 0.596. The Balaban J connectivity index is 2.37. The molecule has 2 rings (SSSR count). The van der Waals surface area contributed by atoms with Crippen molar-refractivity contribution >= 4 is 33.4 Å². The summed E-state index contributed by atoms with van der Waals surface area (Å²) in [5.41, 5.74) is 0.993. The number of nitrogens with zero attached hydrogens (tertiary/aromatic N) is 1. The molecular formula is C14H12BrFN2O2. The van der Waals surface area contributed by atoms with Crippen LogP contribution in [0.25, 0.3) is 0 Å². The summed E-state index contributed by atoms with van der Waals surface area (Å²) in [5, 5.41) is 11.8. The van der Waals surface area contributed by atoms with E-state index in [0.29, 0.717) is 22.4 Å². The van der Waals surface area contributed by atoms with Crippen molar-refractivity contribution in [2.24, 2.45) is 0 Å². The first kappa shape index (κ1) is 14.5. The van der Waals surface area contributed by atoms with Gasteiger partial charge in [-0.1, -0.05) is 22.9 Å². The molecule has 2 N–H and O–H groups in total. The minimum Gasteiger partial charge on any atom is -0.478 e. The van der Waals surface area contributed by atoms with Gasteiger partial charge < -0.3 is 10.4 Å². The molecule has 104 valence electrons. The van der Waals surface area contributed by atoms with E-state index >= 15 is 0 Å².